The Morgan fingerprint density at radius 2 is 2.26 bits per heavy atom. The molecule has 0 saturated heterocycles. The molecule has 0 saturated carbocycles. The van der Waals surface area contributed by atoms with E-state index in [4.69, 9.17) is 15.3 Å². The number of fused-ring (bicyclic) bond motifs is 1. The lowest BCUT2D eigenvalue weighted by atomic mass is 9.98. The number of oxazole rings is 1. The molecule has 0 spiro atoms. The smallest absolute Gasteiger partial charge is 0.320 e. The number of aliphatic carboxylic acids is 1. The van der Waals surface area contributed by atoms with Crippen molar-refractivity contribution in [2.75, 3.05) is 14.1 Å². The number of rotatable bonds is 5. The molecule has 0 aliphatic heterocycles. The zero-order valence-electron chi connectivity index (χ0n) is 10.9. The van der Waals surface area contributed by atoms with Crippen molar-refractivity contribution < 1.29 is 14.3 Å². The minimum absolute atomic E-state index is 0.0828. The molecule has 6 nitrogen and oxygen atoms in total. The fraction of sp³-hybridized carbons (Fsp3) is 0.385. The molecule has 0 bridgehead atoms. The summed E-state index contributed by atoms with van der Waals surface area (Å²) in [6.45, 7) is 0. The summed E-state index contributed by atoms with van der Waals surface area (Å²) in [5.41, 5.74) is 8.06. The second kappa shape index (κ2) is 5.38. The molecule has 0 radical (unpaired) electrons. The van der Waals surface area contributed by atoms with Gasteiger partial charge in [0.1, 0.15) is 11.6 Å². The van der Waals surface area contributed by atoms with E-state index in [1.807, 2.05) is 37.2 Å². The van der Waals surface area contributed by atoms with Gasteiger partial charge in [-0.2, -0.15) is 0 Å². The van der Waals surface area contributed by atoms with Crippen LogP contribution >= 0.6 is 0 Å². The molecule has 3 N–H and O–H groups in total. The van der Waals surface area contributed by atoms with Crippen molar-refractivity contribution in [3.63, 3.8) is 0 Å². The van der Waals surface area contributed by atoms with E-state index in [1.165, 1.54) is 6.39 Å². The average molecular weight is 263 g/mol. The molecule has 0 aliphatic carbocycles. The number of carboxylic acids is 1. The Hall–Kier alpha value is -1.92. The molecule has 1 heterocycles. The fourth-order valence-corrected chi connectivity index (χ4v) is 2.07. The first-order valence-corrected chi connectivity index (χ1v) is 5.97. The summed E-state index contributed by atoms with van der Waals surface area (Å²) in [6, 6.07) is 4.68. The van der Waals surface area contributed by atoms with Crippen LogP contribution in [-0.2, 0) is 4.79 Å². The molecule has 2 aromatic rings. The minimum Gasteiger partial charge on any atom is -0.480 e. The van der Waals surface area contributed by atoms with Crippen LogP contribution in [0.25, 0.3) is 11.1 Å². The molecular formula is C13H17N3O3. The first-order chi connectivity index (χ1) is 8.99. The van der Waals surface area contributed by atoms with Crippen LogP contribution in [0.15, 0.2) is 29.0 Å². The molecule has 1 aromatic heterocycles. The van der Waals surface area contributed by atoms with Crippen molar-refractivity contribution >= 4 is 17.1 Å². The van der Waals surface area contributed by atoms with Gasteiger partial charge in [0.15, 0.2) is 12.0 Å². The molecule has 0 aliphatic rings. The number of aromatic nitrogens is 1. The summed E-state index contributed by atoms with van der Waals surface area (Å²) < 4.78 is 5.26. The number of nitrogens with two attached hydrogens (primary N) is 1. The van der Waals surface area contributed by atoms with Gasteiger partial charge in [-0.3, -0.25) is 4.79 Å². The zero-order valence-corrected chi connectivity index (χ0v) is 10.9. The topological polar surface area (TPSA) is 92.6 Å². The fourth-order valence-electron chi connectivity index (χ4n) is 2.07. The summed E-state index contributed by atoms with van der Waals surface area (Å²) in [6.07, 6.45) is 1.73. The Kier molecular flexibility index (Phi) is 3.82. The number of hydrogen-bond acceptors (Lipinski definition) is 5. The maximum absolute atomic E-state index is 10.9. The van der Waals surface area contributed by atoms with Gasteiger partial charge in [-0.15, -0.1) is 0 Å². The zero-order chi connectivity index (χ0) is 14.0. The number of carbonyl (C=O) groups is 1. The number of nitrogens with zero attached hydrogens (tertiary/aromatic N) is 2. The molecule has 0 amide bonds. The van der Waals surface area contributed by atoms with Crippen molar-refractivity contribution in [1.82, 2.24) is 9.88 Å². The second-order valence-electron chi connectivity index (χ2n) is 4.74. The van der Waals surface area contributed by atoms with Gasteiger partial charge in [-0.1, -0.05) is 6.07 Å². The van der Waals surface area contributed by atoms with Crippen molar-refractivity contribution in [2.45, 2.75) is 18.5 Å². The Morgan fingerprint density at radius 1 is 1.53 bits per heavy atom. The summed E-state index contributed by atoms with van der Waals surface area (Å²) >= 11 is 0. The maximum atomic E-state index is 10.9. The highest BCUT2D eigenvalue weighted by Crippen LogP contribution is 2.26. The van der Waals surface area contributed by atoms with Crippen LogP contribution in [0.4, 0.5) is 0 Å². The van der Waals surface area contributed by atoms with E-state index in [2.05, 4.69) is 4.98 Å². The van der Waals surface area contributed by atoms with Crippen LogP contribution < -0.4 is 5.73 Å². The SMILES string of the molecule is CN(C)C(CC(N)C(=O)O)c1ccc2ncoc2c1. The highest BCUT2D eigenvalue weighted by Gasteiger charge is 2.22. The van der Waals surface area contributed by atoms with Crippen LogP contribution in [0.2, 0.25) is 0 Å². The Bertz CT molecular complexity index is 579. The standard InChI is InChI=1S/C13H17N3O3/c1-16(2)11(6-9(14)13(17)18)8-3-4-10-12(5-8)19-7-15-10/h3-5,7,9,11H,6,14H2,1-2H3,(H,17,18). The van der Waals surface area contributed by atoms with Crippen molar-refractivity contribution in [2.24, 2.45) is 5.73 Å². The van der Waals surface area contributed by atoms with Gasteiger partial charge >= 0.3 is 5.97 Å². The number of benzene rings is 1. The highest BCUT2D eigenvalue weighted by molar-refractivity contribution is 5.74. The summed E-state index contributed by atoms with van der Waals surface area (Å²) in [4.78, 5) is 16.9. The quantitative estimate of drug-likeness (QED) is 0.843. The van der Waals surface area contributed by atoms with Gasteiger partial charge in [0, 0.05) is 6.04 Å². The average Bonchev–Trinajstić information content (AvgIpc) is 2.81. The first-order valence-electron chi connectivity index (χ1n) is 5.97. The normalized spacial score (nSPS) is 14.7. The van der Waals surface area contributed by atoms with Crippen LogP contribution in [-0.4, -0.2) is 41.1 Å². The van der Waals surface area contributed by atoms with E-state index in [9.17, 15) is 4.79 Å². The van der Waals surface area contributed by atoms with Crippen LogP contribution in [0.5, 0.6) is 0 Å². The third-order valence-corrected chi connectivity index (χ3v) is 3.16. The monoisotopic (exact) mass is 263 g/mol. The third-order valence-electron chi connectivity index (χ3n) is 3.16. The largest absolute Gasteiger partial charge is 0.480 e. The van der Waals surface area contributed by atoms with Gasteiger partial charge in [-0.25, -0.2) is 4.98 Å². The van der Waals surface area contributed by atoms with Crippen molar-refractivity contribution in [3.05, 3.63) is 30.2 Å². The summed E-state index contributed by atoms with van der Waals surface area (Å²) in [7, 11) is 3.79. The molecule has 0 fully saturated rings. The van der Waals surface area contributed by atoms with Gasteiger partial charge < -0.3 is 20.2 Å². The second-order valence-corrected chi connectivity index (χ2v) is 4.74. The summed E-state index contributed by atoms with van der Waals surface area (Å²) in [5.74, 6) is -0.993. The summed E-state index contributed by atoms with van der Waals surface area (Å²) in [5, 5.41) is 8.93. The molecule has 2 rings (SSSR count). The van der Waals surface area contributed by atoms with E-state index < -0.39 is 12.0 Å². The third kappa shape index (κ3) is 2.91. The molecule has 6 heteroatoms. The molecule has 19 heavy (non-hydrogen) atoms. The highest BCUT2D eigenvalue weighted by atomic mass is 16.4. The predicted molar refractivity (Wildman–Crippen MR) is 70.7 cm³/mol. The van der Waals surface area contributed by atoms with E-state index in [0.29, 0.717) is 12.0 Å². The van der Waals surface area contributed by atoms with E-state index in [0.717, 1.165) is 11.1 Å². The van der Waals surface area contributed by atoms with Gasteiger partial charge in [-0.05, 0) is 38.2 Å². The van der Waals surface area contributed by atoms with Crippen LogP contribution in [0.3, 0.4) is 0 Å². The lowest BCUT2D eigenvalue weighted by molar-refractivity contribution is -0.139. The van der Waals surface area contributed by atoms with E-state index >= 15 is 0 Å². The minimum atomic E-state index is -0.993. The van der Waals surface area contributed by atoms with E-state index in [1.54, 1.807) is 0 Å². The van der Waals surface area contributed by atoms with Crippen LogP contribution in [0, 0.1) is 0 Å². The van der Waals surface area contributed by atoms with Crippen molar-refractivity contribution in [3.8, 4) is 0 Å². The van der Waals surface area contributed by atoms with Gasteiger partial charge in [0.2, 0.25) is 0 Å². The predicted octanol–water partition coefficient (Wildman–Crippen LogP) is 1.23. The molecule has 102 valence electrons. The van der Waals surface area contributed by atoms with E-state index in [-0.39, 0.29) is 6.04 Å². The maximum Gasteiger partial charge on any atom is 0.320 e. The lowest BCUT2D eigenvalue weighted by Crippen LogP contribution is -2.35. The molecule has 2 atom stereocenters. The lowest BCUT2D eigenvalue weighted by Gasteiger charge is -2.26. The first kappa shape index (κ1) is 13.5. The van der Waals surface area contributed by atoms with Gasteiger partial charge in [0.25, 0.3) is 0 Å². The Labute approximate surface area is 110 Å². The van der Waals surface area contributed by atoms with Gasteiger partial charge in [0.05, 0.1) is 0 Å². The molecular weight excluding hydrogens is 246 g/mol. The number of hydrogen-bond donors (Lipinski definition) is 2. The Balaban J connectivity index is 2.29. The van der Waals surface area contributed by atoms with Crippen LogP contribution in [0.1, 0.15) is 18.0 Å². The molecule has 1 aromatic carbocycles. The Morgan fingerprint density at radius 3 is 2.89 bits per heavy atom. The molecule has 2 unspecified atom stereocenters. The number of carboxylic acid groups (broad SMARTS) is 1. The van der Waals surface area contributed by atoms with Crippen molar-refractivity contribution in [1.29, 1.82) is 0 Å².